The van der Waals surface area contributed by atoms with Gasteiger partial charge in [-0.3, -0.25) is 15.0 Å². The second-order valence-corrected chi connectivity index (χ2v) is 8.30. The number of hydrogen-bond acceptors (Lipinski definition) is 5. The number of hydrogen-bond donors (Lipinski definition) is 0. The molecular formula is C16H24N2O4S. The van der Waals surface area contributed by atoms with E-state index < -0.39 is 14.8 Å². The Kier molecular flexibility index (Phi) is 5.75. The molecule has 1 aromatic rings. The van der Waals surface area contributed by atoms with Gasteiger partial charge in [-0.15, -0.1) is 0 Å². The Morgan fingerprint density at radius 2 is 1.83 bits per heavy atom. The van der Waals surface area contributed by atoms with Gasteiger partial charge in [0.25, 0.3) is 5.69 Å². The molecule has 0 aliphatic carbocycles. The molecule has 1 aliphatic heterocycles. The average molecular weight is 340 g/mol. The Morgan fingerprint density at radius 1 is 1.26 bits per heavy atom. The van der Waals surface area contributed by atoms with E-state index in [1.807, 2.05) is 6.92 Å². The molecule has 1 aromatic carbocycles. The van der Waals surface area contributed by atoms with E-state index in [0.717, 1.165) is 31.8 Å². The highest BCUT2D eigenvalue weighted by Crippen LogP contribution is 2.23. The molecule has 0 N–H and O–H groups in total. The summed E-state index contributed by atoms with van der Waals surface area (Å²) in [5.41, 5.74) is -0.0985. The van der Waals surface area contributed by atoms with Crippen molar-refractivity contribution in [3.05, 3.63) is 34.4 Å². The van der Waals surface area contributed by atoms with Crippen LogP contribution in [0.5, 0.6) is 0 Å². The van der Waals surface area contributed by atoms with Gasteiger partial charge in [0.2, 0.25) is 0 Å². The second-order valence-electron chi connectivity index (χ2n) is 6.27. The summed E-state index contributed by atoms with van der Waals surface area (Å²) in [5, 5.41) is 10.6. The van der Waals surface area contributed by atoms with Gasteiger partial charge in [0.15, 0.2) is 9.84 Å². The first-order chi connectivity index (χ1) is 10.8. The Labute approximate surface area is 137 Å². The maximum Gasteiger partial charge on any atom is 0.269 e. The van der Waals surface area contributed by atoms with Gasteiger partial charge < -0.3 is 0 Å². The number of nitro benzene ring substituents is 1. The van der Waals surface area contributed by atoms with Gasteiger partial charge in [-0.2, -0.15) is 0 Å². The molecule has 0 amide bonds. The predicted molar refractivity (Wildman–Crippen MR) is 89.2 cm³/mol. The fourth-order valence-corrected chi connectivity index (χ4v) is 4.69. The smallest absolute Gasteiger partial charge is 0.269 e. The summed E-state index contributed by atoms with van der Waals surface area (Å²) in [4.78, 5) is 12.5. The SMILES string of the molecule is CCC1CCN(C(C)CS(=O)(=O)c2ccc([N+](=O)[O-])cc2)CC1. The molecule has 1 unspecified atom stereocenters. The number of benzene rings is 1. The van der Waals surface area contributed by atoms with Crippen molar-refractivity contribution in [1.82, 2.24) is 4.90 Å². The summed E-state index contributed by atoms with van der Waals surface area (Å²) in [6.45, 7) is 6.02. The zero-order chi connectivity index (χ0) is 17.0. The molecule has 0 radical (unpaired) electrons. The predicted octanol–water partition coefficient (Wildman–Crippen LogP) is 2.88. The number of nitro groups is 1. The van der Waals surface area contributed by atoms with Crippen LogP contribution >= 0.6 is 0 Å². The van der Waals surface area contributed by atoms with Crippen molar-refractivity contribution in [2.75, 3.05) is 18.8 Å². The van der Waals surface area contributed by atoms with Crippen LogP contribution in [-0.4, -0.2) is 43.1 Å². The summed E-state index contributed by atoms with van der Waals surface area (Å²) in [5.74, 6) is 0.798. The molecule has 0 saturated carbocycles. The number of rotatable bonds is 6. The molecule has 1 aliphatic rings. The summed E-state index contributed by atoms with van der Waals surface area (Å²) < 4.78 is 25.0. The number of likely N-dealkylation sites (tertiary alicyclic amines) is 1. The third-order valence-corrected chi connectivity index (χ3v) is 6.63. The largest absolute Gasteiger partial charge is 0.300 e. The van der Waals surface area contributed by atoms with Gasteiger partial charge in [-0.05, 0) is 50.9 Å². The molecule has 6 nitrogen and oxygen atoms in total. The van der Waals surface area contributed by atoms with Crippen molar-refractivity contribution >= 4 is 15.5 Å². The summed E-state index contributed by atoms with van der Waals surface area (Å²) >= 11 is 0. The number of sulfone groups is 1. The zero-order valence-corrected chi connectivity index (χ0v) is 14.5. The molecule has 1 heterocycles. The first-order valence-electron chi connectivity index (χ1n) is 8.04. The van der Waals surface area contributed by atoms with Crippen LogP contribution in [0.15, 0.2) is 29.2 Å². The number of nitrogens with zero attached hydrogens (tertiary/aromatic N) is 2. The van der Waals surface area contributed by atoms with E-state index in [1.54, 1.807) is 0 Å². The van der Waals surface area contributed by atoms with Gasteiger partial charge >= 0.3 is 0 Å². The maximum atomic E-state index is 12.5. The molecule has 23 heavy (non-hydrogen) atoms. The lowest BCUT2D eigenvalue weighted by Gasteiger charge is -2.35. The van der Waals surface area contributed by atoms with Crippen LogP contribution in [0.3, 0.4) is 0 Å². The highest BCUT2D eigenvalue weighted by molar-refractivity contribution is 7.91. The van der Waals surface area contributed by atoms with Gasteiger partial charge in [0.05, 0.1) is 15.6 Å². The quantitative estimate of drug-likeness (QED) is 0.587. The highest BCUT2D eigenvalue weighted by atomic mass is 32.2. The maximum absolute atomic E-state index is 12.5. The molecule has 1 saturated heterocycles. The third kappa shape index (κ3) is 4.51. The van der Waals surface area contributed by atoms with Crippen molar-refractivity contribution in [3.63, 3.8) is 0 Å². The number of non-ortho nitro benzene ring substituents is 1. The van der Waals surface area contributed by atoms with Crippen molar-refractivity contribution in [1.29, 1.82) is 0 Å². The molecule has 0 aromatic heterocycles. The molecule has 7 heteroatoms. The lowest BCUT2D eigenvalue weighted by molar-refractivity contribution is -0.384. The minimum absolute atomic E-state index is 0.0433. The van der Waals surface area contributed by atoms with Crippen molar-refractivity contribution in [2.24, 2.45) is 5.92 Å². The molecule has 1 fully saturated rings. The van der Waals surface area contributed by atoms with Gasteiger partial charge in [-0.25, -0.2) is 8.42 Å². The van der Waals surface area contributed by atoms with Crippen LogP contribution < -0.4 is 0 Å². The minimum atomic E-state index is -3.43. The summed E-state index contributed by atoms with van der Waals surface area (Å²) in [6.07, 6.45) is 3.43. The Balaban J connectivity index is 2.01. The summed E-state index contributed by atoms with van der Waals surface area (Å²) in [7, 11) is -3.43. The van der Waals surface area contributed by atoms with Crippen LogP contribution in [0.4, 0.5) is 5.69 Å². The minimum Gasteiger partial charge on any atom is -0.300 e. The van der Waals surface area contributed by atoms with Gasteiger partial charge in [-0.1, -0.05) is 13.3 Å². The van der Waals surface area contributed by atoms with Crippen molar-refractivity contribution < 1.29 is 13.3 Å². The summed E-state index contributed by atoms with van der Waals surface area (Å²) in [6, 6.07) is 5.08. The molecule has 1 atom stereocenters. The zero-order valence-electron chi connectivity index (χ0n) is 13.6. The van der Waals surface area contributed by atoms with Crippen LogP contribution in [0.1, 0.15) is 33.1 Å². The van der Waals surface area contributed by atoms with Crippen molar-refractivity contribution in [3.8, 4) is 0 Å². The van der Waals surface area contributed by atoms with Gasteiger partial charge in [0.1, 0.15) is 0 Å². The first-order valence-corrected chi connectivity index (χ1v) is 9.70. The average Bonchev–Trinajstić information content (AvgIpc) is 2.54. The molecule has 2 rings (SSSR count). The van der Waals surface area contributed by atoms with E-state index in [0.29, 0.717) is 0 Å². The lowest BCUT2D eigenvalue weighted by Crippen LogP contribution is -2.43. The Bertz CT molecular complexity index is 635. The first kappa shape index (κ1) is 17.9. The van der Waals surface area contributed by atoms with Crippen LogP contribution in [-0.2, 0) is 9.84 Å². The Hall–Kier alpha value is -1.47. The Morgan fingerprint density at radius 3 is 2.30 bits per heavy atom. The van der Waals surface area contributed by atoms with E-state index in [4.69, 9.17) is 0 Å². The molecule has 0 bridgehead atoms. The van der Waals surface area contributed by atoms with E-state index >= 15 is 0 Å². The van der Waals surface area contributed by atoms with E-state index in [2.05, 4.69) is 11.8 Å². The molecule has 0 spiro atoms. The normalized spacial score (nSPS) is 18.7. The third-order valence-electron chi connectivity index (χ3n) is 4.72. The fourth-order valence-electron chi connectivity index (χ4n) is 3.10. The second kappa shape index (κ2) is 7.40. The highest BCUT2D eigenvalue weighted by Gasteiger charge is 2.26. The van der Waals surface area contributed by atoms with Crippen LogP contribution in [0.2, 0.25) is 0 Å². The topological polar surface area (TPSA) is 80.5 Å². The number of piperidine rings is 1. The van der Waals surface area contributed by atoms with E-state index in [1.165, 1.54) is 30.7 Å². The van der Waals surface area contributed by atoms with E-state index in [-0.39, 0.29) is 22.4 Å². The van der Waals surface area contributed by atoms with Crippen molar-refractivity contribution in [2.45, 2.75) is 44.0 Å². The molecule has 128 valence electrons. The van der Waals surface area contributed by atoms with Crippen LogP contribution in [0, 0.1) is 16.0 Å². The fraction of sp³-hybridized carbons (Fsp3) is 0.625. The molecular weight excluding hydrogens is 316 g/mol. The van der Waals surface area contributed by atoms with E-state index in [9.17, 15) is 18.5 Å². The monoisotopic (exact) mass is 340 g/mol. The lowest BCUT2D eigenvalue weighted by atomic mass is 9.94. The van der Waals surface area contributed by atoms with Gasteiger partial charge in [0, 0.05) is 18.2 Å². The standard InChI is InChI=1S/C16H24N2O4S/c1-3-14-8-10-17(11-9-14)13(2)12-23(21,22)16-6-4-15(5-7-16)18(19)20/h4-7,13-14H,3,8-12H2,1-2H3. The van der Waals surface area contributed by atoms with Crippen LogP contribution in [0.25, 0.3) is 0 Å².